The van der Waals surface area contributed by atoms with Crippen molar-refractivity contribution in [1.29, 1.82) is 0 Å². The van der Waals surface area contributed by atoms with Crippen LogP contribution in [0.1, 0.15) is 27.2 Å². The predicted octanol–water partition coefficient (Wildman–Crippen LogP) is 0.975. The van der Waals surface area contributed by atoms with Crippen molar-refractivity contribution in [3.8, 4) is 5.75 Å². The number of benzene rings is 1. The number of phenolic OH excluding ortho intramolecular Hbond substituents is 1. The van der Waals surface area contributed by atoms with Crippen LogP contribution in [0.5, 0.6) is 5.75 Å². The van der Waals surface area contributed by atoms with Gasteiger partial charge in [0.2, 0.25) is 15.9 Å². The molecule has 1 aromatic carbocycles. The van der Waals surface area contributed by atoms with Gasteiger partial charge in [0.1, 0.15) is 5.75 Å². The van der Waals surface area contributed by atoms with Gasteiger partial charge in [-0.25, -0.2) is 13.1 Å². The minimum Gasteiger partial charge on any atom is -0.508 e. The smallest absolute Gasteiger partial charge is 0.240 e. The molecule has 0 saturated carbocycles. The number of phenols is 1. The molecule has 1 aromatic rings. The lowest BCUT2D eigenvalue weighted by atomic mass is 10.1. The first-order valence-corrected chi connectivity index (χ1v) is 7.68. The Bertz CT molecular complexity index is 559. The quantitative estimate of drug-likeness (QED) is 0.755. The molecule has 0 bridgehead atoms. The fourth-order valence-corrected chi connectivity index (χ4v) is 2.52. The van der Waals surface area contributed by atoms with Crippen LogP contribution in [0, 0.1) is 0 Å². The number of amides is 1. The Hall–Kier alpha value is -1.60. The van der Waals surface area contributed by atoms with Gasteiger partial charge >= 0.3 is 0 Å². The Morgan fingerprint density at radius 2 is 1.75 bits per heavy atom. The van der Waals surface area contributed by atoms with Gasteiger partial charge in [-0.3, -0.25) is 4.79 Å². The molecule has 0 unspecified atom stereocenters. The fraction of sp³-hybridized carbons (Fsp3) is 0.462. The molecule has 20 heavy (non-hydrogen) atoms. The zero-order chi connectivity index (χ0) is 15.4. The van der Waals surface area contributed by atoms with Gasteiger partial charge in [0.15, 0.2) is 0 Å². The molecule has 1 rings (SSSR count). The second-order valence-corrected chi connectivity index (χ2v) is 7.21. The highest BCUT2D eigenvalue weighted by atomic mass is 32.2. The van der Waals surface area contributed by atoms with Crippen LogP contribution in [0.3, 0.4) is 0 Å². The van der Waals surface area contributed by atoms with E-state index in [1.54, 1.807) is 0 Å². The molecule has 0 heterocycles. The summed E-state index contributed by atoms with van der Waals surface area (Å²) in [7, 11) is -3.66. The Kier molecular flexibility index (Phi) is 5.13. The first-order chi connectivity index (χ1) is 9.10. The van der Waals surface area contributed by atoms with E-state index in [0.29, 0.717) is 0 Å². The molecule has 0 aliphatic heterocycles. The van der Waals surface area contributed by atoms with Crippen LogP contribution in [0.25, 0.3) is 0 Å². The van der Waals surface area contributed by atoms with E-state index >= 15 is 0 Å². The van der Waals surface area contributed by atoms with Crippen LogP contribution in [-0.4, -0.2) is 31.5 Å². The van der Waals surface area contributed by atoms with Gasteiger partial charge in [-0.05, 0) is 45.0 Å². The molecule has 0 spiro atoms. The second kappa shape index (κ2) is 6.23. The molecule has 7 heteroatoms. The first-order valence-electron chi connectivity index (χ1n) is 6.20. The Balaban J connectivity index is 2.53. The summed E-state index contributed by atoms with van der Waals surface area (Å²) in [6, 6.07) is 5.18. The number of hydrogen-bond donors (Lipinski definition) is 3. The molecule has 0 saturated heterocycles. The maximum atomic E-state index is 11.9. The van der Waals surface area contributed by atoms with Gasteiger partial charge in [-0.15, -0.1) is 0 Å². The summed E-state index contributed by atoms with van der Waals surface area (Å²) in [5.74, 6) is -0.223. The SMILES string of the molecule is CC(C)(C)NC(=O)CCNS(=O)(=O)c1ccc(O)cc1. The van der Waals surface area contributed by atoms with Crippen LogP contribution in [0.2, 0.25) is 0 Å². The third-order valence-corrected chi connectivity index (χ3v) is 3.78. The summed E-state index contributed by atoms with van der Waals surface area (Å²) in [5, 5.41) is 11.9. The standard InChI is InChI=1S/C13H20N2O4S/c1-13(2,3)15-12(17)8-9-14-20(18,19)11-6-4-10(16)5-7-11/h4-7,14,16H,8-9H2,1-3H3,(H,15,17). The number of sulfonamides is 1. The molecule has 1 amide bonds. The average Bonchev–Trinajstić information content (AvgIpc) is 2.26. The monoisotopic (exact) mass is 300 g/mol. The van der Waals surface area contributed by atoms with Crippen molar-refractivity contribution >= 4 is 15.9 Å². The molecule has 0 atom stereocenters. The highest BCUT2D eigenvalue weighted by molar-refractivity contribution is 7.89. The number of aromatic hydroxyl groups is 1. The summed E-state index contributed by atoms with van der Waals surface area (Å²) in [5.41, 5.74) is -0.340. The van der Waals surface area contributed by atoms with Crippen LogP contribution in [0.4, 0.5) is 0 Å². The van der Waals surface area contributed by atoms with E-state index in [0.717, 1.165) is 0 Å². The maximum absolute atomic E-state index is 11.9. The number of rotatable bonds is 5. The predicted molar refractivity (Wildman–Crippen MR) is 75.8 cm³/mol. The van der Waals surface area contributed by atoms with Gasteiger partial charge in [0.25, 0.3) is 0 Å². The van der Waals surface area contributed by atoms with Gasteiger partial charge in [0.05, 0.1) is 4.90 Å². The Labute approximate surface area is 119 Å². The van der Waals surface area contributed by atoms with Crippen molar-refractivity contribution in [3.63, 3.8) is 0 Å². The third kappa shape index (κ3) is 5.58. The zero-order valence-electron chi connectivity index (χ0n) is 11.8. The molecule has 0 fully saturated rings. The highest BCUT2D eigenvalue weighted by Gasteiger charge is 2.16. The Morgan fingerprint density at radius 1 is 1.20 bits per heavy atom. The topological polar surface area (TPSA) is 95.5 Å². The second-order valence-electron chi connectivity index (χ2n) is 5.44. The molecule has 6 nitrogen and oxygen atoms in total. The van der Waals surface area contributed by atoms with Crippen LogP contribution in [-0.2, 0) is 14.8 Å². The van der Waals surface area contributed by atoms with Crippen molar-refractivity contribution in [2.24, 2.45) is 0 Å². The Morgan fingerprint density at radius 3 is 2.25 bits per heavy atom. The third-order valence-electron chi connectivity index (χ3n) is 2.31. The molecular weight excluding hydrogens is 280 g/mol. The summed E-state index contributed by atoms with van der Waals surface area (Å²) < 4.78 is 26.1. The van der Waals surface area contributed by atoms with Gasteiger partial charge in [-0.1, -0.05) is 0 Å². The summed E-state index contributed by atoms with van der Waals surface area (Å²) >= 11 is 0. The lowest BCUT2D eigenvalue weighted by Gasteiger charge is -2.20. The van der Waals surface area contributed by atoms with E-state index in [9.17, 15) is 13.2 Å². The van der Waals surface area contributed by atoms with Gasteiger partial charge in [-0.2, -0.15) is 0 Å². The minimum atomic E-state index is -3.66. The van der Waals surface area contributed by atoms with E-state index < -0.39 is 10.0 Å². The normalized spacial score (nSPS) is 12.2. The molecule has 0 radical (unpaired) electrons. The summed E-state index contributed by atoms with van der Waals surface area (Å²) in [6.07, 6.45) is 0.0641. The molecule has 112 valence electrons. The van der Waals surface area contributed by atoms with Crippen LogP contribution < -0.4 is 10.0 Å². The number of carbonyl (C=O) groups is 1. The van der Waals surface area contributed by atoms with E-state index in [4.69, 9.17) is 5.11 Å². The zero-order valence-corrected chi connectivity index (χ0v) is 12.6. The minimum absolute atomic E-state index is 0.00601. The maximum Gasteiger partial charge on any atom is 0.240 e. The van der Waals surface area contributed by atoms with Crippen LogP contribution >= 0.6 is 0 Å². The molecule has 3 N–H and O–H groups in total. The van der Waals surface area contributed by atoms with Crippen molar-refractivity contribution in [3.05, 3.63) is 24.3 Å². The number of carbonyl (C=O) groups excluding carboxylic acids is 1. The summed E-state index contributed by atoms with van der Waals surface area (Å²) in [6.45, 7) is 5.58. The number of hydrogen-bond acceptors (Lipinski definition) is 4. The van der Waals surface area contributed by atoms with Crippen molar-refractivity contribution in [2.45, 2.75) is 37.6 Å². The number of nitrogens with one attached hydrogen (secondary N) is 2. The first kappa shape index (κ1) is 16.5. The van der Waals surface area contributed by atoms with E-state index in [1.807, 2.05) is 20.8 Å². The van der Waals surface area contributed by atoms with Crippen molar-refractivity contribution in [1.82, 2.24) is 10.0 Å². The average molecular weight is 300 g/mol. The fourth-order valence-electron chi connectivity index (χ4n) is 1.49. The lowest BCUT2D eigenvalue weighted by Crippen LogP contribution is -2.41. The van der Waals surface area contributed by atoms with Crippen LogP contribution in [0.15, 0.2) is 29.2 Å². The van der Waals surface area contributed by atoms with E-state index in [1.165, 1.54) is 24.3 Å². The molecular formula is C13H20N2O4S. The van der Waals surface area contributed by atoms with Gasteiger partial charge < -0.3 is 10.4 Å². The highest BCUT2D eigenvalue weighted by Crippen LogP contribution is 2.13. The van der Waals surface area contributed by atoms with E-state index in [-0.39, 0.29) is 35.1 Å². The lowest BCUT2D eigenvalue weighted by molar-refractivity contribution is -0.122. The van der Waals surface area contributed by atoms with Crippen molar-refractivity contribution in [2.75, 3.05) is 6.54 Å². The molecule has 0 aliphatic carbocycles. The van der Waals surface area contributed by atoms with Crippen molar-refractivity contribution < 1.29 is 18.3 Å². The van der Waals surface area contributed by atoms with Gasteiger partial charge in [0, 0.05) is 18.5 Å². The molecule has 0 aromatic heterocycles. The summed E-state index contributed by atoms with van der Waals surface area (Å²) in [4.78, 5) is 11.6. The molecule has 0 aliphatic rings. The largest absolute Gasteiger partial charge is 0.508 e. The van der Waals surface area contributed by atoms with E-state index in [2.05, 4.69) is 10.0 Å².